The average molecular weight is 291 g/mol. The fourth-order valence-corrected chi connectivity index (χ4v) is 2.53. The van der Waals surface area contributed by atoms with E-state index in [2.05, 4.69) is 11.0 Å². The Bertz CT molecular complexity index is 551. The van der Waals surface area contributed by atoms with Crippen molar-refractivity contribution in [3.8, 4) is 17.2 Å². The van der Waals surface area contributed by atoms with Gasteiger partial charge in [-0.25, -0.2) is 0 Å². The lowest BCUT2D eigenvalue weighted by Gasteiger charge is -2.22. The molecule has 112 valence electrons. The fourth-order valence-electron chi connectivity index (χ4n) is 2.53. The van der Waals surface area contributed by atoms with Crippen molar-refractivity contribution in [1.82, 2.24) is 0 Å². The van der Waals surface area contributed by atoms with E-state index in [0.717, 1.165) is 55.8 Å². The van der Waals surface area contributed by atoms with E-state index in [-0.39, 0.29) is 6.10 Å². The number of hydrogen-bond acceptors (Lipinski definition) is 6. The van der Waals surface area contributed by atoms with Crippen LogP contribution in [0.4, 0.5) is 5.69 Å². The van der Waals surface area contributed by atoms with Gasteiger partial charge in [0.25, 0.3) is 0 Å². The molecule has 0 spiro atoms. The first-order valence-corrected chi connectivity index (χ1v) is 7.44. The Hall–Kier alpha value is -1.50. The number of benzene rings is 1. The van der Waals surface area contributed by atoms with Crippen molar-refractivity contribution in [3.05, 3.63) is 12.1 Å². The van der Waals surface area contributed by atoms with Gasteiger partial charge in [-0.15, -0.1) is 0 Å². The molecule has 5 rings (SSSR count). The van der Waals surface area contributed by atoms with Crippen LogP contribution in [0.5, 0.6) is 17.2 Å². The maximum Gasteiger partial charge on any atom is 0.214 e. The van der Waals surface area contributed by atoms with Gasteiger partial charge in [-0.05, 0) is 12.1 Å². The predicted molar refractivity (Wildman–Crippen MR) is 73.4 cm³/mol. The standard InChI is InChI=1S/C15H17NO5/c1-2-13(20-8-11-7-19-11)15-14(21-15)12(1)16(3-9-5-17-9)4-10-6-18-10/h1-2,9-11H,3-8H2. The van der Waals surface area contributed by atoms with Crippen LogP contribution in [-0.2, 0) is 14.2 Å². The van der Waals surface area contributed by atoms with Crippen LogP contribution in [-0.4, -0.2) is 57.8 Å². The number of nitrogens with zero attached hydrogens (tertiary/aromatic N) is 1. The van der Waals surface area contributed by atoms with E-state index < -0.39 is 0 Å². The Morgan fingerprint density at radius 2 is 1.62 bits per heavy atom. The molecule has 4 heterocycles. The van der Waals surface area contributed by atoms with Gasteiger partial charge in [0.2, 0.25) is 5.75 Å². The van der Waals surface area contributed by atoms with Crippen molar-refractivity contribution < 1.29 is 23.7 Å². The second-order valence-electron chi connectivity index (χ2n) is 5.93. The maximum atomic E-state index is 5.72. The normalized spacial score (nSPS) is 30.2. The molecule has 3 saturated heterocycles. The minimum atomic E-state index is 0.259. The molecule has 1 aromatic rings. The molecule has 0 aliphatic carbocycles. The van der Waals surface area contributed by atoms with Crippen molar-refractivity contribution in [2.75, 3.05) is 44.4 Å². The summed E-state index contributed by atoms with van der Waals surface area (Å²) >= 11 is 0. The molecule has 3 unspecified atom stereocenters. The third-order valence-electron chi connectivity index (χ3n) is 4.04. The third-order valence-corrected chi connectivity index (χ3v) is 4.04. The van der Waals surface area contributed by atoms with Gasteiger partial charge >= 0.3 is 0 Å². The van der Waals surface area contributed by atoms with Crippen molar-refractivity contribution in [1.29, 1.82) is 0 Å². The summed E-state index contributed by atoms with van der Waals surface area (Å²) in [6.07, 6.45) is 0.955. The van der Waals surface area contributed by atoms with Crippen molar-refractivity contribution in [2.24, 2.45) is 0 Å². The Morgan fingerprint density at radius 3 is 2.24 bits per heavy atom. The van der Waals surface area contributed by atoms with E-state index in [1.807, 2.05) is 6.07 Å². The zero-order chi connectivity index (χ0) is 13.8. The lowest BCUT2D eigenvalue weighted by molar-refractivity contribution is 0.261. The van der Waals surface area contributed by atoms with Crippen LogP contribution in [0, 0.1) is 0 Å². The second-order valence-corrected chi connectivity index (χ2v) is 5.93. The van der Waals surface area contributed by atoms with Crippen LogP contribution < -0.4 is 14.4 Å². The summed E-state index contributed by atoms with van der Waals surface area (Å²) < 4.78 is 27.2. The summed E-state index contributed by atoms with van der Waals surface area (Å²) in [4.78, 5) is 2.30. The Balaban J connectivity index is 1.32. The summed E-state index contributed by atoms with van der Waals surface area (Å²) in [5.41, 5.74) is 1.12. The van der Waals surface area contributed by atoms with Crippen molar-refractivity contribution in [3.63, 3.8) is 0 Å². The molecule has 3 fully saturated rings. The second kappa shape index (κ2) is 4.50. The monoisotopic (exact) mass is 291 g/mol. The largest absolute Gasteiger partial charge is 0.487 e. The zero-order valence-corrected chi connectivity index (χ0v) is 11.6. The molecule has 0 saturated carbocycles. The van der Waals surface area contributed by atoms with E-state index >= 15 is 0 Å². The minimum absolute atomic E-state index is 0.259. The molecule has 0 amide bonds. The van der Waals surface area contributed by atoms with Crippen LogP contribution in [0.25, 0.3) is 0 Å². The smallest absolute Gasteiger partial charge is 0.214 e. The molecule has 0 radical (unpaired) electrons. The summed E-state index contributed by atoms with van der Waals surface area (Å²) in [6.45, 7) is 4.90. The van der Waals surface area contributed by atoms with Crippen molar-refractivity contribution in [2.45, 2.75) is 18.3 Å². The average Bonchev–Trinajstić information content (AvgIpc) is 3.35. The molecule has 4 aliphatic heterocycles. The van der Waals surface area contributed by atoms with Gasteiger partial charge in [0.1, 0.15) is 12.7 Å². The Labute approximate surface area is 122 Å². The number of ether oxygens (including phenoxy) is 5. The van der Waals surface area contributed by atoms with Crippen LogP contribution in [0.15, 0.2) is 12.1 Å². The number of anilines is 1. The van der Waals surface area contributed by atoms with Crippen LogP contribution in [0.1, 0.15) is 0 Å². The molecular formula is C15H17NO5. The van der Waals surface area contributed by atoms with Crippen LogP contribution >= 0.6 is 0 Å². The van der Waals surface area contributed by atoms with Crippen LogP contribution in [0.3, 0.4) is 0 Å². The fraction of sp³-hybridized carbons (Fsp3) is 0.600. The molecule has 0 bridgehead atoms. The van der Waals surface area contributed by atoms with E-state index in [0.29, 0.717) is 18.8 Å². The molecule has 6 nitrogen and oxygen atoms in total. The number of hydrogen-bond donors (Lipinski definition) is 0. The van der Waals surface area contributed by atoms with Crippen molar-refractivity contribution >= 4 is 5.69 Å². The molecule has 4 aliphatic rings. The Morgan fingerprint density at radius 1 is 0.952 bits per heavy atom. The lowest BCUT2D eigenvalue weighted by atomic mass is 10.2. The highest BCUT2D eigenvalue weighted by atomic mass is 16.6. The highest BCUT2D eigenvalue weighted by Crippen LogP contribution is 2.58. The van der Waals surface area contributed by atoms with Gasteiger partial charge in [0.05, 0.1) is 37.7 Å². The molecule has 0 N–H and O–H groups in total. The van der Waals surface area contributed by atoms with E-state index in [1.54, 1.807) is 0 Å². The summed E-state index contributed by atoms with van der Waals surface area (Å²) in [5.74, 6) is 2.62. The summed E-state index contributed by atoms with van der Waals surface area (Å²) in [5, 5.41) is 0. The van der Waals surface area contributed by atoms with Gasteiger partial charge in [0.15, 0.2) is 11.5 Å². The number of rotatable bonds is 8. The molecule has 21 heavy (non-hydrogen) atoms. The number of fused-ring (bicyclic) bond motifs is 1. The van der Waals surface area contributed by atoms with Gasteiger partial charge in [-0.3, -0.25) is 0 Å². The molecular weight excluding hydrogens is 274 g/mol. The zero-order valence-electron chi connectivity index (χ0n) is 11.6. The van der Waals surface area contributed by atoms with Crippen LogP contribution in [0.2, 0.25) is 0 Å². The van der Waals surface area contributed by atoms with E-state index in [1.165, 1.54) is 0 Å². The SMILES string of the molecule is c1cc(N(CC2CO2)CC2CO2)c2c(c1OCC1CO1)O2. The first kappa shape index (κ1) is 12.1. The molecule has 0 aromatic heterocycles. The molecule has 6 heteroatoms. The third kappa shape index (κ3) is 2.66. The predicted octanol–water partition coefficient (Wildman–Crippen LogP) is 1.17. The minimum Gasteiger partial charge on any atom is -0.487 e. The maximum absolute atomic E-state index is 5.72. The van der Waals surface area contributed by atoms with Gasteiger partial charge in [-0.1, -0.05) is 0 Å². The van der Waals surface area contributed by atoms with Gasteiger partial charge < -0.3 is 28.6 Å². The Kier molecular flexibility index (Phi) is 2.59. The summed E-state index contributed by atoms with van der Waals surface area (Å²) in [7, 11) is 0. The van der Waals surface area contributed by atoms with Gasteiger partial charge in [0, 0.05) is 13.1 Å². The first-order chi connectivity index (χ1) is 10.4. The number of epoxide rings is 3. The highest BCUT2D eigenvalue weighted by molar-refractivity contribution is 5.78. The first-order valence-electron chi connectivity index (χ1n) is 7.44. The van der Waals surface area contributed by atoms with Gasteiger partial charge in [-0.2, -0.15) is 0 Å². The lowest BCUT2D eigenvalue weighted by Crippen LogP contribution is -2.31. The quantitative estimate of drug-likeness (QED) is 0.680. The summed E-state index contributed by atoms with van der Waals surface area (Å²) in [6, 6.07) is 4.05. The molecule has 3 atom stereocenters. The molecule has 1 aromatic carbocycles. The topological polar surface area (TPSA) is 62.6 Å². The van der Waals surface area contributed by atoms with E-state index in [9.17, 15) is 0 Å². The highest BCUT2D eigenvalue weighted by Gasteiger charge is 2.37. The van der Waals surface area contributed by atoms with E-state index in [4.69, 9.17) is 23.7 Å².